The molecule has 3 fully saturated rings. The number of hydrogen-bond donors (Lipinski definition) is 3. The van der Waals surface area contributed by atoms with Crippen molar-refractivity contribution >= 4 is 63.7 Å². The van der Waals surface area contributed by atoms with Crippen molar-refractivity contribution in [3.05, 3.63) is 77.1 Å². The van der Waals surface area contributed by atoms with E-state index in [1.54, 1.807) is 24.3 Å². The van der Waals surface area contributed by atoms with E-state index in [0.717, 1.165) is 11.0 Å². The summed E-state index contributed by atoms with van der Waals surface area (Å²) < 4.78 is 63.5. The van der Waals surface area contributed by atoms with E-state index in [9.17, 15) is 37.6 Å². The first-order valence-corrected chi connectivity index (χ1v) is 20.0. The molecule has 0 radical (unpaired) electrons. The number of piperazine rings is 1. The van der Waals surface area contributed by atoms with Crippen molar-refractivity contribution in [2.24, 2.45) is 0 Å². The average Bonchev–Trinajstić information content (AvgIpc) is 3.35. The van der Waals surface area contributed by atoms with Gasteiger partial charge in [-0.15, -0.1) is 0 Å². The highest BCUT2D eigenvalue weighted by Gasteiger charge is 2.51. The van der Waals surface area contributed by atoms with E-state index in [-0.39, 0.29) is 65.9 Å². The molecule has 3 saturated heterocycles. The van der Waals surface area contributed by atoms with Gasteiger partial charge < -0.3 is 20.3 Å². The summed E-state index contributed by atoms with van der Waals surface area (Å²) in [4.78, 5) is 57.1. The molecule has 3 aromatic carbocycles. The molecule has 3 N–H and O–H groups in total. The number of carbonyl (C=O) groups is 4. The van der Waals surface area contributed by atoms with Crippen LogP contribution >= 0.6 is 12.2 Å². The molecular weight excluding hydrogens is 805 g/mol. The van der Waals surface area contributed by atoms with E-state index >= 15 is 4.39 Å². The number of alkyl halides is 3. The lowest BCUT2D eigenvalue weighted by molar-refractivity contribution is -0.138. The molecule has 3 heterocycles. The average molecular weight is 851 g/mol. The largest absolute Gasteiger partial charge is 0.492 e. The third-order valence-corrected chi connectivity index (χ3v) is 11.4. The van der Waals surface area contributed by atoms with Crippen molar-refractivity contribution in [1.82, 2.24) is 15.1 Å². The molecule has 18 heteroatoms. The predicted molar refractivity (Wildman–Crippen MR) is 221 cm³/mol. The zero-order valence-electron chi connectivity index (χ0n) is 33.8. The van der Waals surface area contributed by atoms with Gasteiger partial charge in [-0.05, 0) is 101 Å². The van der Waals surface area contributed by atoms with Crippen molar-refractivity contribution in [3.8, 4) is 11.8 Å². The maximum absolute atomic E-state index is 16.0. The number of thiocarbonyl (C=S) groups is 1. The standard InChI is InChI=1S/C42H46F4N8O5S/c1-6-26-16-34(54-40(60)53(39(58)41(54,4)5)30-11-10-27(20-47)31(18-30)42(44,45)46)32(43)19-35(26)59-15-14-51-21-24(2)52(25(3)22-51)23-37(56)49-29-9-7-8-28(17-29)48-33-12-13-36(55)50-38(33)57/h7-11,16-19,24-25,33,48H,6,12-15,21-23H2,1-5H3,(H,49,56)(H,50,55,57)/t24-,25+,33?. The Balaban J connectivity index is 1.05. The monoisotopic (exact) mass is 850 g/mol. The third kappa shape index (κ3) is 9.23. The second-order valence-corrected chi connectivity index (χ2v) is 16.0. The van der Waals surface area contributed by atoms with Crippen LogP contribution in [0, 0.1) is 17.1 Å². The second-order valence-electron chi connectivity index (χ2n) is 15.7. The number of ether oxygens (including phenoxy) is 1. The van der Waals surface area contributed by atoms with Gasteiger partial charge in [-0.2, -0.15) is 18.4 Å². The Labute approximate surface area is 350 Å². The van der Waals surface area contributed by atoms with Crippen LogP contribution in [0.25, 0.3) is 0 Å². The number of halogens is 4. The highest BCUT2D eigenvalue weighted by Crippen LogP contribution is 2.41. The van der Waals surface area contributed by atoms with Gasteiger partial charge in [0.05, 0.1) is 35.1 Å². The van der Waals surface area contributed by atoms with Crippen LogP contribution in [0.2, 0.25) is 0 Å². The van der Waals surface area contributed by atoms with Gasteiger partial charge in [0.2, 0.25) is 17.7 Å². The molecule has 0 spiro atoms. The quantitative estimate of drug-likeness (QED) is 0.115. The Bertz CT molecular complexity index is 2240. The first-order chi connectivity index (χ1) is 28.3. The number of nitriles is 1. The van der Waals surface area contributed by atoms with E-state index in [4.69, 9.17) is 17.0 Å². The molecule has 3 aliphatic heterocycles. The number of aryl methyl sites for hydroxylation is 1. The Kier molecular flexibility index (Phi) is 12.8. The highest BCUT2D eigenvalue weighted by atomic mass is 32.1. The minimum Gasteiger partial charge on any atom is -0.492 e. The molecule has 6 rings (SSSR count). The summed E-state index contributed by atoms with van der Waals surface area (Å²) in [5.41, 5.74) is -1.69. The summed E-state index contributed by atoms with van der Waals surface area (Å²) in [6, 6.07) is 13.7. The molecule has 3 atom stereocenters. The maximum atomic E-state index is 16.0. The first-order valence-electron chi connectivity index (χ1n) is 19.6. The second kappa shape index (κ2) is 17.5. The van der Waals surface area contributed by atoms with Gasteiger partial charge in [-0.25, -0.2) is 4.39 Å². The van der Waals surface area contributed by atoms with E-state index < -0.39 is 40.6 Å². The van der Waals surface area contributed by atoms with Crippen LogP contribution in [0.5, 0.6) is 5.75 Å². The number of benzene rings is 3. The summed E-state index contributed by atoms with van der Waals surface area (Å²) >= 11 is 5.61. The van der Waals surface area contributed by atoms with Crippen molar-refractivity contribution < 1.29 is 41.5 Å². The molecule has 0 aromatic heterocycles. The van der Waals surface area contributed by atoms with E-state index in [0.29, 0.717) is 61.2 Å². The summed E-state index contributed by atoms with van der Waals surface area (Å²) in [6.07, 6.45) is -3.80. The fourth-order valence-electron chi connectivity index (χ4n) is 7.93. The van der Waals surface area contributed by atoms with Gasteiger partial charge in [0.1, 0.15) is 23.9 Å². The normalized spacial score (nSPS) is 21.2. The number of rotatable bonds is 12. The summed E-state index contributed by atoms with van der Waals surface area (Å²) in [5, 5.41) is 17.4. The minimum absolute atomic E-state index is 0.0159. The number of hydrogen-bond acceptors (Lipinski definition) is 10. The van der Waals surface area contributed by atoms with Gasteiger partial charge in [0.15, 0.2) is 10.9 Å². The van der Waals surface area contributed by atoms with Crippen molar-refractivity contribution in [2.75, 3.05) is 53.2 Å². The lowest BCUT2D eigenvalue weighted by atomic mass is 10.0. The molecule has 3 aliphatic rings. The highest BCUT2D eigenvalue weighted by molar-refractivity contribution is 7.81. The van der Waals surface area contributed by atoms with Crippen LogP contribution in [0.1, 0.15) is 64.2 Å². The van der Waals surface area contributed by atoms with Crippen molar-refractivity contribution in [1.29, 1.82) is 5.26 Å². The zero-order chi connectivity index (χ0) is 43.7. The first kappa shape index (κ1) is 43.9. The SMILES string of the molecule is CCc1cc(N2C(=S)N(c3ccc(C#N)c(C(F)(F)F)c3)C(=O)C2(C)C)c(F)cc1OCCN1C[C@@H](C)N(CC(=O)Nc2cccc(NC3CCC(=O)NC3=O)c2)[C@@H](C)C1. The maximum Gasteiger partial charge on any atom is 0.417 e. The van der Waals surface area contributed by atoms with Crippen LogP contribution in [-0.4, -0.2) is 95.0 Å². The summed E-state index contributed by atoms with van der Waals surface area (Å²) in [6.45, 7) is 11.2. The molecule has 3 aromatic rings. The summed E-state index contributed by atoms with van der Waals surface area (Å²) in [5.74, 6) is -1.98. The van der Waals surface area contributed by atoms with Gasteiger partial charge in [-0.3, -0.25) is 39.2 Å². The number of nitrogens with one attached hydrogen (secondary N) is 3. The van der Waals surface area contributed by atoms with E-state index in [1.165, 1.54) is 43.0 Å². The Morgan fingerprint density at radius 2 is 1.75 bits per heavy atom. The van der Waals surface area contributed by atoms with Crippen molar-refractivity contribution in [3.63, 3.8) is 0 Å². The molecule has 0 saturated carbocycles. The number of amides is 4. The van der Waals surface area contributed by atoms with Crippen LogP contribution in [0.3, 0.4) is 0 Å². The van der Waals surface area contributed by atoms with Crippen LogP contribution in [0.15, 0.2) is 54.6 Å². The van der Waals surface area contributed by atoms with Crippen LogP contribution in [-0.2, 0) is 31.8 Å². The number of piperidine rings is 1. The molecule has 60 heavy (non-hydrogen) atoms. The Morgan fingerprint density at radius 3 is 2.40 bits per heavy atom. The third-order valence-electron chi connectivity index (χ3n) is 11.0. The minimum atomic E-state index is -4.86. The molecule has 4 amide bonds. The fraction of sp³-hybridized carbons (Fsp3) is 0.429. The molecular formula is C42H46F4N8O5S. The Morgan fingerprint density at radius 1 is 1.05 bits per heavy atom. The predicted octanol–water partition coefficient (Wildman–Crippen LogP) is 5.82. The summed E-state index contributed by atoms with van der Waals surface area (Å²) in [7, 11) is 0. The molecule has 318 valence electrons. The number of carbonyl (C=O) groups excluding carboxylic acids is 4. The topological polar surface area (TPSA) is 150 Å². The number of anilines is 4. The lowest BCUT2D eigenvalue weighted by Crippen LogP contribution is -2.58. The smallest absolute Gasteiger partial charge is 0.417 e. The van der Waals surface area contributed by atoms with Gasteiger partial charge in [0.25, 0.3) is 5.91 Å². The number of imide groups is 1. The fourth-order valence-corrected chi connectivity index (χ4v) is 8.44. The molecule has 13 nitrogen and oxygen atoms in total. The van der Waals surface area contributed by atoms with Crippen LogP contribution in [0.4, 0.5) is 40.3 Å². The van der Waals surface area contributed by atoms with Gasteiger partial charge in [-0.1, -0.05) is 13.0 Å². The van der Waals surface area contributed by atoms with Crippen molar-refractivity contribution in [2.45, 2.75) is 83.7 Å². The van der Waals surface area contributed by atoms with E-state index in [2.05, 4.69) is 25.8 Å². The van der Waals surface area contributed by atoms with Gasteiger partial charge >= 0.3 is 6.18 Å². The number of nitrogens with zero attached hydrogens (tertiary/aromatic N) is 5. The van der Waals surface area contributed by atoms with E-state index in [1.807, 2.05) is 20.8 Å². The Hall–Kier alpha value is -5.64. The lowest BCUT2D eigenvalue weighted by Gasteiger charge is -2.44. The zero-order valence-corrected chi connectivity index (χ0v) is 34.6. The molecule has 1 unspecified atom stereocenters. The van der Waals surface area contributed by atoms with Crippen LogP contribution < -0.4 is 30.5 Å². The molecule has 0 bridgehead atoms. The molecule has 0 aliphatic carbocycles. The van der Waals surface area contributed by atoms with Gasteiger partial charge in [0, 0.05) is 55.6 Å².